The van der Waals surface area contributed by atoms with Crippen LogP contribution in [0.3, 0.4) is 0 Å². The molecule has 4 rings (SSSR count). The molecule has 2 aromatic rings. The number of halogens is 8. The van der Waals surface area contributed by atoms with Gasteiger partial charge < -0.3 is 37.0 Å². The first-order chi connectivity index (χ1) is 27.0. The summed E-state index contributed by atoms with van der Waals surface area (Å²) in [5, 5.41) is 14.2. The van der Waals surface area contributed by atoms with E-state index in [2.05, 4.69) is 70.8 Å². The maximum atomic E-state index is 14.5. The molecule has 2 unspecified atom stereocenters. The highest BCUT2D eigenvalue weighted by atomic mass is 127. The smallest absolute Gasteiger partial charge is 0.315 e. The first kappa shape index (κ1) is 53.0. The Kier molecular flexibility index (Phi) is 18.4. The van der Waals surface area contributed by atoms with Crippen LogP contribution in [0, 0.1) is 14.3 Å². The first-order valence-electron chi connectivity index (χ1n) is 18.6. The maximum Gasteiger partial charge on any atom is 0.315 e. The van der Waals surface area contributed by atoms with E-state index in [1.54, 1.807) is 12.1 Å². The summed E-state index contributed by atoms with van der Waals surface area (Å²) in [5.41, 5.74) is 7.09. The van der Waals surface area contributed by atoms with Gasteiger partial charge in [0.05, 0.1) is 36.4 Å². The molecule has 0 radical (unpaired) electrons. The minimum Gasteiger partial charge on any atom is -0.506 e. The van der Waals surface area contributed by atoms with Crippen LogP contribution >= 0.6 is 137 Å². The topological polar surface area (TPSA) is 142 Å². The van der Waals surface area contributed by atoms with Crippen LogP contribution in [0.4, 0.5) is 0 Å². The molecule has 326 valence electrons. The molecule has 0 saturated heterocycles. The molecule has 2 atom stereocenters. The van der Waals surface area contributed by atoms with E-state index in [4.69, 9.17) is 73.0 Å². The van der Waals surface area contributed by atoms with E-state index in [-0.39, 0.29) is 60.3 Å². The fourth-order valence-corrected chi connectivity index (χ4v) is 35.3. The van der Waals surface area contributed by atoms with Gasteiger partial charge in [-0.1, -0.05) is 46.4 Å². The van der Waals surface area contributed by atoms with Crippen molar-refractivity contribution in [1.82, 2.24) is 5.32 Å². The van der Waals surface area contributed by atoms with Crippen LogP contribution in [-0.4, -0.2) is 66.4 Å². The zero-order valence-corrected chi connectivity index (χ0v) is 51.0. The van der Waals surface area contributed by atoms with E-state index < -0.39 is 48.2 Å². The summed E-state index contributed by atoms with van der Waals surface area (Å²) >= 11 is 35.4. The molecule has 2 aliphatic rings. The van der Waals surface area contributed by atoms with Gasteiger partial charge in [0.25, 0.3) is 5.91 Å². The molecule has 0 aromatic heterocycles. The fourth-order valence-electron chi connectivity index (χ4n) is 7.07. The number of carbonyl (C=O) groups is 1. The van der Waals surface area contributed by atoms with E-state index in [1.807, 2.05) is 90.4 Å². The fraction of sp³-hybridized carbons (Fsp3) is 0.444. The summed E-state index contributed by atoms with van der Waals surface area (Å²) in [7, 11) is -12.4. The Hall–Kier alpha value is 1.36. The number of aromatic hydroxyl groups is 1. The molecule has 0 saturated carbocycles. The molecule has 0 spiro atoms. The summed E-state index contributed by atoms with van der Waals surface area (Å²) in [6.07, 6.45) is 1.33. The van der Waals surface area contributed by atoms with Gasteiger partial charge in [0.1, 0.15) is 9.32 Å². The van der Waals surface area contributed by atoms with E-state index in [0.29, 0.717) is 49.8 Å². The third-order valence-electron chi connectivity index (χ3n) is 8.66. The normalized spacial score (nSPS) is 14.8. The van der Waals surface area contributed by atoms with E-state index >= 15 is 0 Å². The average molecular weight is 1430 g/mol. The van der Waals surface area contributed by atoms with Gasteiger partial charge in [0.2, 0.25) is 5.43 Å². The summed E-state index contributed by atoms with van der Waals surface area (Å²) < 4.78 is 35.6. The number of hydrogen-bond donors (Lipinski definition) is 3. The zero-order chi connectivity index (χ0) is 44.8. The zero-order valence-electron chi connectivity index (χ0n) is 34.3. The predicted molar refractivity (Wildman–Crippen MR) is 289 cm³/mol. The summed E-state index contributed by atoms with van der Waals surface area (Å²) in [6.45, 7) is 22.0. The number of phenols is 1. The van der Waals surface area contributed by atoms with Crippen molar-refractivity contribution in [2.75, 3.05) is 13.1 Å². The lowest BCUT2D eigenvalue weighted by molar-refractivity contribution is 0.0954. The summed E-state index contributed by atoms with van der Waals surface area (Å²) in [5.74, 6) is -0.290. The molecule has 0 fully saturated rings. The molecule has 1 amide bonds. The molecule has 1 heterocycles. The molecular weight excluding hydrogens is 1380 g/mol. The van der Waals surface area contributed by atoms with Crippen LogP contribution in [0.1, 0.15) is 23.2 Å². The molecule has 0 bridgehead atoms. The number of nitrogens with one attached hydrogen (secondary N) is 1. The second-order valence-corrected chi connectivity index (χ2v) is 42.9. The monoisotopic (exact) mass is 1420 g/mol. The van der Waals surface area contributed by atoms with Crippen LogP contribution in [0.2, 0.25) is 97.6 Å². The average Bonchev–Trinajstić information content (AvgIpc) is 3.08. The van der Waals surface area contributed by atoms with Gasteiger partial charge in [0, 0.05) is 28.6 Å². The maximum absolute atomic E-state index is 14.5. The Labute approximate surface area is 426 Å². The molecule has 1 aliphatic carbocycles. The van der Waals surface area contributed by atoms with Crippen molar-refractivity contribution in [1.29, 1.82) is 0 Å². The van der Waals surface area contributed by atoms with Gasteiger partial charge in [-0.2, -0.15) is 0 Å². The third kappa shape index (κ3) is 13.0. The van der Waals surface area contributed by atoms with E-state index in [9.17, 15) is 14.7 Å². The van der Waals surface area contributed by atoms with Gasteiger partial charge >= 0.3 is 25.7 Å². The lowest BCUT2D eigenvalue weighted by Crippen LogP contribution is -2.60. The van der Waals surface area contributed by atoms with Crippen molar-refractivity contribution in [3.63, 3.8) is 0 Å². The van der Waals surface area contributed by atoms with Gasteiger partial charge in [-0.25, -0.2) is 0 Å². The van der Waals surface area contributed by atoms with E-state index in [1.165, 1.54) is 0 Å². The highest BCUT2D eigenvalue weighted by molar-refractivity contribution is 14.1. The van der Waals surface area contributed by atoms with Crippen molar-refractivity contribution >= 4 is 196 Å². The van der Waals surface area contributed by atoms with Crippen molar-refractivity contribution < 1.29 is 30.8 Å². The van der Waals surface area contributed by atoms with Crippen LogP contribution in [0.25, 0.3) is 33.4 Å². The highest BCUT2D eigenvalue weighted by Crippen LogP contribution is 2.52. The van der Waals surface area contributed by atoms with Gasteiger partial charge in [0.15, 0.2) is 28.0 Å². The number of amides is 1. The minimum absolute atomic E-state index is 0.00435. The number of phenolic OH excluding ortho intramolecular Hbond substituents is 1. The van der Waals surface area contributed by atoms with Crippen molar-refractivity contribution in [3.05, 3.63) is 62.3 Å². The van der Waals surface area contributed by atoms with Gasteiger partial charge in [-0.05, 0) is 199 Å². The number of fused-ring (bicyclic) bond motifs is 2. The molecule has 10 nitrogen and oxygen atoms in total. The van der Waals surface area contributed by atoms with Crippen molar-refractivity contribution in [2.45, 2.75) is 90.4 Å². The van der Waals surface area contributed by atoms with Crippen LogP contribution in [0.15, 0.2) is 21.3 Å². The van der Waals surface area contributed by atoms with E-state index in [0.717, 1.165) is 12.5 Å². The number of nitrogens with two attached hydrogens (primary N) is 1. The Morgan fingerprint density at radius 1 is 0.746 bits per heavy atom. The predicted octanol–water partition coefficient (Wildman–Crippen LogP) is 13.4. The Morgan fingerprint density at radius 2 is 1.27 bits per heavy atom. The quantitative estimate of drug-likeness (QED) is 0.0235. The molecule has 23 heteroatoms. The van der Waals surface area contributed by atoms with Crippen LogP contribution < -0.4 is 16.5 Å². The Balaban J connectivity index is 1.76. The highest BCUT2D eigenvalue weighted by Gasteiger charge is 2.48. The number of benzene rings is 3. The Bertz CT molecular complexity index is 2300. The summed E-state index contributed by atoms with van der Waals surface area (Å²) in [4.78, 5) is 27.7. The van der Waals surface area contributed by atoms with Gasteiger partial charge in [-0.3, -0.25) is 9.59 Å². The number of hydrogen-bond acceptors (Lipinski definition) is 9. The van der Waals surface area contributed by atoms with Gasteiger partial charge in [-0.15, -0.1) is 0 Å². The second kappa shape index (κ2) is 20.5. The largest absolute Gasteiger partial charge is 0.506 e. The minimum atomic E-state index is -2.90. The van der Waals surface area contributed by atoms with Crippen molar-refractivity contribution in [3.8, 4) is 28.2 Å². The molecule has 59 heavy (non-hydrogen) atoms. The standard InChI is InChI=1S/C36H48Cl4I4N2O8Si5/c1-55(2,3)51-58(9,15-11-13-45)53-57(7,8)54-59(10,52-56(4,5)6)16-12-14-46-36(49)25-24(26(37)28(39)29(40)27(25)38)23-19-17-21(41)32(47)30(43)34(19)50-35-20(23)18-22(42)33(48)31(35)44/h17-18,47H,11-16,45H2,1-10H3,(H,46,49). The lowest BCUT2D eigenvalue weighted by Gasteiger charge is -2.43. The molecule has 2 aromatic carbocycles. The molecule has 4 N–H and O–H groups in total. The van der Waals surface area contributed by atoms with Crippen LogP contribution in [0.5, 0.6) is 5.75 Å². The number of rotatable bonds is 17. The first-order valence-corrected chi connectivity index (χ1v) is 39.1. The molecular formula is C36H48Cl4I4N2O8Si5. The third-order valence-corrected chi connectivity index (χ3v) is 32.3. The molecule has 1 aliphatic heterocycles. The summed E-state index contributed by atoms with van der Waals surface area (Å²) in [6, 6.07) is 4.75. The lowest BCUT2D eigenvalue weighted by atomic mass is 9.90. The van der Waals surface area contributed by atoms with Crippen molar-refractivity contribution in [2.24, 2.45) is 5.73 Å². The SMILES string of the molecule is C[Si](C)(C)O[Si](C)(CCCN)O[Si](C)(C)O[Si](C)(CCCNC(=O)c1c(Cl)c(Cl)c(Cl)c(Cl)c1-c1c2cc(I)c(=O)c(I)c-2oc2c(I)c(O)c(I)cc12)O[Si](C)(C)C. The Morgan fingerprint density at radius 3 is 1.80 bits per heavy atom. The second-order valence-electron chi connectivity index (χ2n) is 16.8. The number of carbonyl (C=O) groups excluding carboxylic acids is 1. The van der Waals surface area contributed by atoms with Crippen LogP contribution in [-0.2, 0) is 16.5 Å².